The highest BCUT2D eigenvalue weighted by Gasteiger charge is 2.14. The van der Waals surface area contributed by atoms with Crippen molar-refractivity contribution in [2.24, 2.45) is 0 Å². The number of nitriles is 1. The van der Waals surface area contributed by atoms with Gasteiger partial charge in [-0.25, -0.2) is 9.18 Å². The molecule has 150 valence electrons. The van der Waals surface area contributed by atoms with Gasteiger partial charge in [0.05, 0.1) is 5.02 Å². The number of nitrogens with zero attached hydrogens (tertiary/aromatic N) is 1. The molecular weight excluding hydrogens is 405 g/mol. The van der Waals surface area contributed by atoms with Crippen molar-refractivity contribution in [1.82, 2.24) is 0 Å². The summed E-state index contributed by atoms with van der Waals surface area (Å²) in [4.78, 5) is 11.0. The Morgan fingerprint density at radius 1 is 1.20 bits per heavy atom. The summed E-state index contributed by atoms with van der Waals surface area (Å²) >= 11 is 6.15. The molecule has 0 saturated carbocycles. The van der Waals surface area contributed by atoms with Gasteiger partial charge in [-0.3, -0.25) is 0 Å². The zero-order chi connectivity index (χ0) is 21.7. The molecule has 3 aromatic carbocycles. The van der Waals surface area contributed by atoms with E-state index in [0.717, 1.165) is 34.4 Å². The zero-order valence-corrected chi connectivity index (χ0v) is 16.8. The third-order valence-corrected chi connectivity index (χ3v) is 4.87. The summed E-state index contributed by atoms with van der Waals surface area (Å²) in [6.45, 7) is 2.08. The molecule has 30 heavy (non-hydrogen) atoms. The quantitative estimate of drug-likeness (QED) is 0.390. The Labute approximate surface area is 178 Å². The number of carbonyl (C=O) groups is 1. The van der Waals surface area contributed by atoms with E-state index < -0.39 is 17.4 Å². The largest absolute Gasteiger partial charge is 0.484 e. The van der Waals surface area contributed by atoms with E-state index in [1.165, 1.54) is 12.1 Å². The van der Waals surface area contributed by atoms with Crippen molar-refractivity contribution in [1.29, 1.82) is 5.26 Å². The number of carboxylic acids is 1. The summed E-state index contributed by atoms with van der Waals surface area (Å²) in [5.41, 5.74) is 3.66. The molecule has 0 heterocycles. The molecule has 0 amide bonds. The maximum absolute atomic E-state index is 14.5. The van der Waals surface area contributed by atoms with E-state index in [9.17, 15) is 9.18 Å². The minimum absolute atomic E-state index is 0.0132. The molecule has 0 unspecified atom stereocenters. The molecular formula is C24H17ClFNO3. The molecule has 6 heteroatoms. The number of aliphatic carboxylic acids is 1. The van der Waals surface area contributed by atoms with E-state index in [1.807, 2.05) is 55.5 Å². The summed E-state index contributed by atoms with van der Waals surface area (Å²) < 4.78 is 20.2. The molecule has 0 saturated heterocycles. The van der Waals surface area contributed by atoms with Crippen LogP contribution in [-0.2, 0) is 11.4 Å². The van der Waals surface area contributed by atoms with Gasteiger partial charge in [-0.05, 0) is 52.9 Å². The average Bonchev–Trinajstić information content (AvgIpc) is 2.73. The van der Waals surface area contributed by atoms with E-state index in [-0.39, 0.29) is 22.9 Å². The number of hydrogen-bond donors (Lipinski definition) is 1. The first-order chi connectivity index (χ1) is 14.4. The van der Waals surface area contributed by atoms with Crippen molar-refractivity contribution in [3.8, 4) is 22.9 Å². The molecule has 1 N–H and O–H groups in total. The lowest BCUT2D eigenvalue weighted by Gasteiger charge is -2.14. The standard InChI is InChI=1S/C24H17ClFNO3/c1-15-18(8-5-9-20(15)17-6-3-2-4-7-17)14-30-23-21(25)11-16(12-22(23)26)10-19(13-27)24(28)29/h2-12H,14H2,1H3,(H,28,29)/b19-10+. The highest BCUT2D eigenvalue weighted by Crippen LogP contribution is 2.32. The fourth-order valence-corrected chi connectivity index (χ4v) is 3.30. The first-order valence-electron chi connectivity index (χ1n) is 9.01. The van der Waals surface area contributed by atoms with Crippen LogP contribution < -0.4 is 4.74 Å². The van der Waals surface area contributed by atoms with Crippen molar-refractivity contribution in [3.05, 3.63) is 93.8 Å². The van der Waals surface area contributed by atoms with Crippen molar-refractivity contribution in [2.75, 3.05) is 0 Å². The van der Waals surface area contributed by atoms with Crippen LogP contribution in [0.1, 0.15) is 16.7 Å². The Bertz CT molecular complexity index is 1140. The summed E-state index contributed by atoms with van der Waals surface area (Å²) in [5, 5.41) is 17.8. The van der Waals surface area contributed by atoms with E-state index in [4.69, 9.17) is 26.7 Å². The third kappa shape index (κ3) is 4.68. The Balaban J connectivity index is 1.85. The van der Waals surface area contributed by atoms with Gasteiger partial charge in [0, 0.05) is 0 Å². The maximum Gasteiger partial charge on any atom is 0.346 e. The van der Waals surface area contributed by atoms with Gasteiger partial charge >= 0.3 is 5.97 Å². The average molecular weight is 422 g/mol. The number of halogens is 2. The predicted molar refractivity (Wildman–Crippen MR) is 114 cm³/mol. The Morgan fingerprint density at radius 3 is 2.57 bits per heavy atom. The van der Waals surface area contributed by atoms with Crippen LogP contribution in [0.4, 0.5) is 4.39 Å². The fourth-order valence-electron chi connectivity index (χ4n) is 3.03. The van der Waals surface area contributed by atoms with Gasteiger partial charge in [-0.15, -0.1) is 0 Å². The van der Waals surface area contributed by atoms with Crippen LogP contribution >= 0.6 is 11.6 Å². The van der Waals surface area contributed by atoms with E-state index >= 15 is 0 Å². The Kier molecular flexibility index (Phi) is 6.51. The molecule has 0 spiro atoms. The van der Waals surface area contributed by atoms with Gasteiger partial charge < -0.3 is 9.84 Å². The maximum atomic E-state index is 14.5. The molecule has 0 aliphatic rings. The second-order valence-corrected chi connectivity index (χ2v) is 6.94. The fraction of sp³-hybridized carbons (Fsp3) is 0.0833. The highest BCUT2D eigenvalue weighted by molar-refractivity contribution is 6.32. The Morgan fingerprint density at radius 2 is 1.93 bits per heavy atom. The molecule has 0 radical (unpaired) electrons. The predicted octanol–water partition coefficient (Wildman–Crippen LogP) is 6.03. The van der Waals surface area contributed by atoms with E-state index in [1.54, 1.807) is 0 Å². The second kappa shape index (κ2) is 9.25. The SMILES string of the molecule is Cc1c(COc2c(F)cc(/C=C(\C#N)C(=O)O)cc2Cl)cccc1-c1ccccc1. The lowest BCUT2D eigenvalue weighted by Crippen LogP contribution is -2.02. The molecule has 0 bridgehead atoms. The number of ether oxygens (including phenoxy) is 1. The van der Waals surface area contributed by atoms with Gasteiger partial charge in [0.25, 0.3) is 0 Å². The van der Waals surface area contributed by atoms with Gasteiger partial charge in [0.1, 0.15) is 18.2 Å². The van der Waals surface area contributed by atoms with Crippen LogP contribution in [0.15, 0.2) is 66.2 Å². The molecule has 4 nitrogen and oxygen atoms in total. The molecule has 0 fully saturated rings. The Hall–Kier alpha value is -3.62. The van der Waals surface area contributed by atoms with E-state index in [2.05, 4.69) is 0 Å². The van der Waals surface area contributed by atoms with Gasteiger partial charge in [-0.2, -0.15) is 5.26 Å². The second-order valence-electron chi connectivity index (χ2n) is 6.53. The first-order valence-corrected chi connectivity index (χ1v) is 9.39. The lowest BCUT2D eigenvalue weighted by atomic mass is 9.97. The van der Waals surface area contributed by atoms with Gasteiger partial charge in [-0.1, -0.05) is 60.1 Å². The highest BCUT2D eigenvalue weighted by atomic mass is 35.5. The summed E-state index contributed by atoms with van der Waals surface area (Å²) in [7, 11) is 0. The van der Waals surface area contributed by atoms with Crippen LogP contribution in [-0.4, -0.2) is 11.1 Å². The normalized spacial score (nSPS) is 11.1. The van der Waals surface area contributed by atoms with Gasteiger partial charge in [0.15, 0.2) is 11.6 Å². The number of hydrogen-bond acceptors (Lipinski definition) is 3. The number of rotatable bonds is 6. The van der Waals surface area contributed by atoms with Crippen molar-refractivity contribution >= 4 is 23.6 Å². The van der Waals surface area contributed by atoms with Crippen LogP contribution in [0.25, 0.3) is 17.2 Å². The smallest absolute Gasteiger partial charge is 0.346 e. The lowest BCUT2D eigenvalue weighted by molar-refractivity contribution is -0.132. The topological polar surface area (TPSA) is 70.3 Å². The summed E-state index contributed by atoms with van der Waals surface area (Å²) in [6.07, 6.45) is 1.05. The summed E-state index contributed by atoms with van der Waals surface area (Å²) in [5.74, 6) is -2.27. The molecule has 0 aliphatic carbocycles. The number of carboxylic acid groups (broad SMARTS) is 1. The number of benzene rings is 3. The monoisotopic (exact) mass is 421 g/mol. The van der Waals surface area contributed by atoms with Gasteiger partial charge in [0.2, 0.25) is 0 Å². The van der Waals surface area contributed by atoms with Crippen molar-refractivity contribution in [2.45, 2.75) is 13.5 Å². The van der Waals surface area contributed by atoms with E-state index in [0.29, 0.717) is 0 Å². The minimum atomic E-state index is -1.40. The van der Waals surface area contributed by atoms with Crippen molar-refractivity contribution in [3.63, 3.8) is 0 Å². The molecule has 0 atom stereocenters. The first kappa shape index (κ1) is 21.1. The zero-order valence-electron chi connectivity index (χ0n) is 16.0. The van der Waals surface area contributed by atoms with Crippen LogP contribution in [0.3, 0.4) is 0 Å². The van der Waals surface area contributed by atoms with Crippen LogP contribution in [0, 0.1) is 24.1 Å². The van der Waals surface area contributed by atoms with Crippen molar-refractivity contribution < 1.29 is 19.0 Å². The van der Waals surface area contributed by atoms with Crippen LogP contribution in [0.5, 0.6) is 5.75 Å². The summed E-state index contributed by atoms with van der Waals surface area (Å²) in [6, 6.07) is 19.7. The minimum Gasteiger partial charge on any atom is -0.484 e. The molecule has 3 aromatic rings. The molecule has 0 aliphatic heterocycles. The van der Waals surface area contributed by atoms with Crippen LogP contribution in [0.2, 0.25) is 5.02 Å². The molecule has 3 rings (SSSR count). The third-order valence-electron chi connectivity index (χ3n) is 4.59. The molecule has 0 aromatic heterocycles.